The lowest BCUT2D eigenvalue weighted by Gasteiger charge is -2.41. The summed E-state index contributed by atoms with van der Waals surface area (Å²) in [6.45, 7) is 16.6. The number of rotatable bonds is 32. The smallest absolute Gasteiger partial charge is 0.205 e. The summed E-state index contributed by atoms with van der Waals surface area (Å²) in [5, 5.41) is 6.75. The average Bonchev–Trinajstić information content (AvgIpc) is 3.22. The highest BCUT2D eigenvalue weighted by Crippen LogP contribution is 2.47. The lowest BCUT2D eigenvalue weighted by Crippen LogP contribution is -3.16. The molecule has 1 N–H and O–H groups in total. The average molecular weight is 952 g/mol. The summed E-state index contributed by atoms with van der Waals surface area (Å²) in [7, 11) is 0. The van der Waals surface area contributed by atoms with E-state index in [1.165, 1.54) is 103 Å². The van der Waals surface area contributed by atoms with E-state index < -0.39 is 83.9 Å². The van der Waals surface area contributed by atoms with Crippen LogP contribution in [0.1, 0.15) is 189 Å². The molecule has 374 valence electrons. The van der Waals surface area contributed by atoms with Gasteiger partial charge in [-0.15, -0.1) is 8.78 Å². The van der Waals surface area contributed by atoms with E-state index in [1.54, 1.807) is 46.8 Å². The number of nitrogens with one attached hydrogen (secondary N) is 1. The second-order valence-electron chi connectivity index (χ2n) is 18.4. The summed E-state index contributed by atoms with van der Waals surface area (Å²) in [6.07, 6.45) is 15.9. The summed E-state index contributed by atoms with van der Waals surface area (Å²) < 4.78 is 179. The quantitative estimate of drug-likeness (QED) is 0.0318. The lowest BCUT2D eigenvalue weighted by molar-refractivity contribution is -0.961. The molecule has 0 bridgehead atoms. The fourth-order valence-electron chi connectivity index (χ4n) is 9.14. The fraction of sp³-hybridized carbons (Fsp3) is 0.872. The number of unbranched alkanes of at least 4 members (excludes halogenated alkanes) is 4. The first-order chi connectivity index (χ1) is 29.4. The van der Waals surface area contributed by atoms with Crippen LogP contribution in [-0.4, -0.2) is 38.3 Å². The summed E-state index contributed by atoms with van der Waals surface area (Å²) >= 11 is -1.64. The minimum atomic E-state index is -6.78. The first-order valence-electron chi connectivity index (χ1n) is 24.1. The van der Waals surface area contributed by atoms with Crippen molar-refractivity contribution in [2.45, 2.75) is 229 Å². The van der Waals surface area contributed by atoms with Gasteiger partial charge < -0.3 is 0 Å². The van der Waals surface area contributed by atoms with Crippen LogP contribution in [0.5, 0.6) is 0 Å². The molecule has 5 atom stereocenters. The molecule has 63 heavy (non-hydrogen) atoms. The maximum absolute atomic E-state index is 13.8. The molecule has 0 amide bonds. The predicted octanol–water partition coefficient (Wildman–Crippen LogP) is 18.2. The van der Waals surface area contributed by atoms with Gasteiger partial charge in [-0.25, -0.2) is 13.7 Å². The summed E-state index contributed by atoms with van der Waals surface area (Å²) in [5.74, 6) is -11.8. The first kappa shape index (κ1) is 61.7. The van der Waals surface area contributed by atoms with Crippen LogP contribution in [0, 0.1) is 41.1 Å². The van der Waals surface area contributed by atoms with E-state index in [2.05, 4.69) is 55.4 Å². The van der Waals surface area contributed by atoms with Crippen LogP contribution in [0.15, 0.2) is 6.07 Å². The number of hydrogen-bond acceptors (Lipinski definition) is 0. The molecule has 0 radical (unpaired) electrons. The molecule has 0 saturated heterocycles. The van der Waals surface area contributed by atoms with Crippen molar-refractivity contribution in [3.05, 3.63) is 29.1 Å². The Kier molecular flexibility index (Phi) is 29.6. The number of quaternary nitrogens is 1. The molecule has 0 aliphatic heterocycles. The van der Waals surface area contributed by atoms with Crippen LogP contribution in [0.2, 0.25) is 21.1 Å². The molecule has 1 aromatic carbocycles. The van der Waals surface area contributed by atoms with E-state index in [9.17, 15) is 61.5 Å². The van der Waals surface area contributed by atoms with Crippen molar-refractivity contribution in [1.29, 1.82) is 0 Å². The van der Waals surface area contributed by atoms with Crippen LogP contribution in [0.4, 0.5) is 67.2 Å². The molecule has 0 aromatic heterocycles. The SMILES string of the molecule is CCCCC(CC)C[CH2][Al-]([CH2]CC(CC)CCCC)([CH2]CC(CC)CCCC)[CH2]CC(CC)CCCC.FC[NH+](c1cc(F)c(F)c(C(F)(F)C(F)(F)F)c1F)C(F)(F)C(F)(F)F. The molecule has 1 aromatic rings. The summed E-state index contributed by atoms with van der Waals surface area (Å²) in [5.41, 5.74) is -6.10. The fourth-order valence-corrected chi connectivity index (χ4v) is 15.6. The predicted molar refractivity (Wildman–Crippen MR) is 231 cm³/mol. The zero-order valence-electron chi connectivity index (χ0n) is 39.4. The van der Waals surface area contributed by atoms with E-state index in [0.717, 1.165) is 23.7 Å². The molecular formula is C47H80AlF14N. The summed E-state index contributed by atoms with van der Waals surface area (Å²) in [4.78, 5) is -3.01. The Hall–Kier alpha value is -1.27. The minimum Gasteiger partial charge on any atom is -0.205 e. The molecule has 1 rings (SSSR count). The van der Waals surface area contributed by atoms with Gasteiger partial charge in [0, 0.05) is 6.07 Å². The van der Waals surface area contributed by atoms with Crippen molar-refractivity contribution >= 4 is 18.8 Å². The molecule has 0 saturated carbocycles. The van der Waals surface area contributed by atoms with Crippen molar-refractivity contribution in [3.8, 4) is 0 Å². The topological polar surface area (TPSA) is 4.44 Å². The number of alkyl halides is 11. The molecule has 5 unspecified atom stereocenters. The Morgan fingerprint density at radius 1 is 0.476 bits per heavy atom. The van der Waals surface area contributed by atoms with Gasteiger partial charge in [0.25, 0.3) is 0 Å². The zero-order valence-corrected chi connectivity index (χ0v) is 40.6. The van der Waals surface area contributed by atoms with Crippen molar-refractivity contribution in [3.63, 3.8) is 0 Å². The molecule has 0 fully saturated rings. The number of benzene rings is 1. The van der Waals surface area contributed by atoms with Gasteiger partial charge in [-0.1, -0.05) is 184 Å². The van der Waals surface area contributed by atoms with E-state index in [-0.39, 0.29) is 0 Å². The highest BCUT2D eigenvalue weighted by Gasteiger charge is 2.69. The third kappa shape index (κ3) is 19.9. The van der Waals surface area contributed by atoms with Crippen LogP contribution in [0.25, 0.3) is 0 Å². The Morgan fingerprint density at radius 2 is 0.794 bits per heavy atom. The standard InChI is InChI=1S/C11H3F14N.4C9H19.Al/c12-2-26(11(24,25)10(21,22)23)4-1-3(13)6(14)5(7(4)15)8(16,17)9(18,19)20;4*1-4-7-8-9(5-2)6-3;/h1H,2H2;4*9H,2,4-8H2,1,3H3;/q;;;;;-1/p+1. The van der Waals surface area contributed by atoms with E-state index in [0.29, 0.717) is 0 Å². The lowest BCUT2D eigenvalue weighted by atomic mass is 9.96. The Bertz CT molecular complexity index is 1270. The van der Waals surface area contributed by atoms with Gasteiger partial charge in [0.1, 0.15) is 18.6 Å². The van der Waals surface area contributed by atoms with E-state index >= 15 is 0 Å². The largest absolute Gasteiger partial charge is 0.515 e. The third-order valence-electron chi connectivity index (χ3n) is 13.9. The second kappa shape index (κ2) is 30.2. The summed E-state index contributed by atoms with van der Waals surface area (Å²) in [6, 6.07) is -7.16. The van der Waals surface area contributed by atoms with Gasteiger partial charge in [0.2, 0.25) is 6.80 Å². The van der Waals surface area contributed by atoms with Gasteiger partial charge >= 0.3 is 24.3 Å². The van der Waals surface area contributed by atoms with Crippen molar-refractivity contribution < 1.29 is 66.4 Å². The molecule has 0 heterocycles. The first-order valence-corrected chi connectivity index (χ1v) is 27.4. The normalized spacial score (nSPS) is 16.2. The molecule has 1 nitrogen and oxygen atoms in total. The van der Waals surface area contributed by atoms with Crippen LogP contribution < -0.4 is 4.90 Å². The molecular weight excluding hydrogens is 871 g/mol. The maximum atomic E-state index is 13.8. The van der Waals surface area contributed by atoms with Crippen LogP contribution >= 0.6 is 0 Å². The zero-order chi connectivity index (χ0) is 48.7. The highest BCUT2D eigenvalue weighted by atomic mass is 27.2. The van der Waals surface area contributed by atoms with Crippen molar-refractivity contribution in [2.24, 2.45) is 23.7 Å². The van der Waals surface area contributed by atoms with Crippen LogP contribution in [-0.2, 0) is 5.92 Å². The van der Waals surface area contributed by atoms with Gasteiger partial charge in [0.05, 0.1) is 0 Å². The van der Waals surface area contributed by atoms with E-state index in [1.807, 2.05) is 0 Å². The Labute approximate surface area is 373 Å². The molecule has 16 heteroatoms. The second-order valence-corrected chi connectivity index (χ2v) is 24.1. The van der Waals surface area contributed by atoms with Crippen LogP contribution in [0.3, 0.4) is 0 Å². The number of halogens is 14. The molecule has 0 aliphatic rings. The van der Waals surface area contributed by atoms with Gasteiger partial charge in [-0.05, 0) is 23.7 Å². The molecule has 0 spiro atoms. The van der Waals surface area contributed by atoms with Gasteiger partial charge in [-0.2, -0.15) is 65.0 Å². The maximum Gasteiger partial charge on any atom is 0.515 e. The van der Waals surface area contributed by atoms with E-state index in [4.69, 9.17) is 0 Å². The van der Waals surface area contributed by atoms with Crippen molar-refractivity contribution in [2.75, 3.05) is 6.80 Å². The highest BCUT2D eigenvalue weighted by molar-refractivity contribution is 6.79. The minimum absolute atomic E-state index is 0.880. The van der Waals surface area contributed by atoms with Gasteiger partial charge in [0.15, 0.2) is 23.1 Å². The van der Waals surface area contributed by atoms with Gasteiger partial charge in [-0.3, -0.25) is 0 Å². The van der Waals surface area contributed by atoms with Crippen molar-refractivity contribution in [1.82, 2.24) is 0 Å². The molecule has 0 aliphatic carbocycles. The monoisotopic (exact) mass is 952 g/mol. The Morgan fingerprint density at radius 3 is 1.03 bits per heavy atom. The number of hydrogen-bond donors (Lipinski definition) is 1. The third-order valence-corrected chi connectivity index (χ3v) is 20.2. The Balaban J connectivity index is 0.00000129.